The summed E-state index contributed by atoms with van der Waals surface area (Å²) in [5.41, 5.74) is 7.80. The molecule has 8 heteroatoms. The summed E-state index contributed by atoms with van der Waals surface area (Å²) in [6.07, 6.45) is 0. The molecule has 0 saturated carbocycles. The summed E-state index contributed by atoms with van der Waals surface area (Å²) in [4.78, 5) is 17.1. The van der Waals surface area contributed by atoms with Crippen molar-refractivity contribution < 1.29 is 18.6 Å². The van der Waals surface area contributed by atoms with E-state index in [2.05, 4.69) is 4.98 Å². The van der Waals surface area contributed by atoms with Gasteiger partial charge in [0.05, 0.1) is 38.3 Å². The van der Waals surface area contributed by atoms with E-state index >= 15 is 0 Å². The molecule has 2 aromatic carbocycles. The lowest BCUT2D eigenvalue weighted by Gasteiger charge is -2.13. The smallest absolute Gasteiger partial charge is 0.345 e. The minimum absolute atomic E-state index is 0.00239. The van der Waals surface area contributed by atoms with Gasteiger partial charge < -0.3 is 24.4 Å². The lowest BCUT2D eigenvalue weighted by Crippen LogP contribution is -2.07. The average molecular weight is 429 g/mol. The summed E-state index contributed by atoms with van der Waals surface area (Å²) in [7, 11) is 4.56. The number of methoxy groups -OCH3 is 3. The number of ether oxygens (including phenoxy) is 3. The molecule has 0 amide bonds. The molecule has 0 fully saturated rings. The molecule has 0 unspecified atom stereocenters. The number of pyridine rings is 1. The van der Waals surface area contributed by atoms with Gasteiger partial charge in [-0.25, -0.2) is 9.78 Å². The van der Waals surface area contributed by atoms with Gasteiger partial charge in [0.1, 0.15) is 6.07 Å². The predicted octanol–water partition coefficient (Wildman–Crippen LogP) is 4.00. The Morgan fingerprint density at radius 3 is 2.38 bits per heavy atom. The first-order chi connectivity index (χ1) is 15.5. The quantitative estimate of drug-likeness (QED) is 0.473. The third-order valence-electron chi connectivity index (χ3n) is 5.08. The van der Waals surface area contributed by atoms with Gasteiger partial charge in [0.15, 0.2) is 28.5 Å². The van der Waals surface area contributed by atoms with Crippen LogP contribution in [0.15, 0.2) is 57.7 Å². The van der Waals surface area contributed by atoms with Crippen molar-refractivity contribution in [2.75, 3.05) is 27.1 Å². The number of nitriles is 1. The zero-order chi connectivity index (χ0) is 22.8. The first-order valence-corrected chi connectivity index (χ1v) is 9.55. The average Bonchev–Trinajstić information content (AvgIpc) is 2.83. The first kappa shape index (κ1) is 20.8. The molecule has 32 heavy (non-hydrogen) atoms. The van der Waals surface area contributed by atoms with Crippen LogP contribution in [0.5, 0.6) is 17.2 Å². The molecule has 0 bridgehead atoms. The molecule has 0 aliphatic carbocycles. The van der Waals surface area contributed by atoms with Crippen molar-refractivity contribution in [1.82, 2.24) is 4.98 Å². The second-order valence-corrected chi connectivity index (χ2v) is 6.83. The number of anilines is 1. The highest BCUT2D eigenvalue weighted by Gasteiger charge is 2.18. The molecular weight excluding hydrogens is 410 g/mol. The Morgan fingerprint density at radius 2 is 1.69 bits per heavy atom. The highest BCUT2D eigenvalue weighted by atomic mass is 16.5. The van der Waals surface area contributed by atoms with Crippen molar-refractivity contribution in [3.05, 3.63) is 64.6 Å². The fourth-order valence-corrected chi connectivity index (χ4v) is 3.48. The minimum Gasteiger partial charge on any atom is -0.493 e. The summed E-state index contributed by atoms with van der Waals surface area (Å²) >= 11 is 0. The SMILES string of the molecule is COc1ccc(-c2cc(-c3cc4cccc(OC)c4oc3=O)nc(C#N)c2N)cc1OC. The minimum atomic E-state index is -0.610. The molecule has 4 rings (SSSR count). The summed E-state index contributed by atoms with van der Waals surface area (Å²) in [5.74, 6) is 1.49. The standard InChI is InChI=1S/C24H19N3O5/c1-29-19-8-7-13(10-21(19)31-3)15-11-17(27-18(12-25)22(15)26)16-9-14-5-4-6-20(30-2)23(14)32-24(16)28/h4-11H,26H2,1-3H3. The van der Waals surface area contributed by atoms with Crippen molar-refractivity contribution in [3.63, 3.8) is 0 Å². The predicted molar refractivity (Wildman–Crippen MR) is 120 cm³/mol. The van der Waals surface area contributed by atoms with Crippen molar-refractivity contribution in [3.8, 4) is 45.7 Å². The number of aromatic nitrogens is 1. The Bertz CT molecular complexity index is 1440. The molecule has 2 N–H and O–H groups in total. The number of nitrogens with two attached hydrogens (primary N) is 1. The summed E-state index contributed by atoms with van der Waals surface area (Å²) in [6, 6.07) is 15.8. The molecule has 0 spiro atoms. The summed E-state index contributed by atoms with van der Waals surface area (Å²) in [6.45, 7) is 0. The van der Waals surface area contributed by atoms with Crippen LogP contribution in [0.3, 0.4) is 0 Å². The Morgan fingerprint density at radius 1 is 0.938 bits per heavy atom. The first-order valence-electron chi connectivity index (χ1n) is 9.55. The van der Waals surface area contributed by atoms with Crippen LogP contribution in [0.25, 0.3) is 33.4 Å². The van der Waals surface area contributed by atoms with E-state index in [4.69, 9.17) is 24.4 Å². The molecule has 0 radical (unpaired) electrons. The van der Waals surface area contributed by atoms with Gasteiger partial charge in [-0.3, -0.25) is 0 Å². The number of hydrogen-bond acceptors (Lipinski definition) is 8. The number of fused-ring (bicyclic) bond motifs is 1. The van der Waals surface area contributed by atoms with Gasteiger partial charge in [-0.05, 0) is 35.9 Å². The van der Waals surface area contributed by atoms with E-state index in [1.807, 2.05) is 6.07 Å². The molecule has 0 saturated heterocycles. The fraction of sp³-hybridized carbons (Fsp3) is 0.125. The third-order valence-corrected chi connectivity index (χ3v) is 5.08. The Kier molecular flexibility index (Phi) is 5.39. The van der Waals surface area contributed by atoms with E-state index in [9.17, 15) is 10.1 Å². The monoisotopic (exact) mass is 429 g/mol. The van der Waals surface area contributed by atoms with Gasteiger partial charge in [0.2, 0.25) is 0 Å². The van der Waals surface area contributed by atoms with Crippen molar-refractivity contribution in [1.29, 1.82) is 5.26 Å². The maximum absolute atomic E-state index is 12.8. The topological polar surface area (TPSA) is 121 Å². The van der Waals surface area contributed by atoms with Crippen LogP contribution < -0.4 is 25.6 Å². The molecule has 0 aliphatic rings. The third kappa shape index (κ3) is 3.46. The highest BCUT2D eigenvalue weighted by Crippen LogP contribution is 2.37. The van der Waals surface area contributed by atoms with Gasteiger partial charge in [0, 0.05) is 10.9 Å². The molecule has 0 aliphatic heterocycles. The lowest BCUT2D eigenvalue weighted by atomic mass is 10.00. The second-order valence-electron chi connectivity index (χ2n) is 6.83. The Labute approximate surface area is 183 Å². The maximum atomic E-state index is 12.8. The van der Waals surface area contributed by atoms with Gasteiger partial charge >= 0.3 is 5.63 Å². The zero-order valence-electron chi connectivity index (χ0n) is 17.6. The molecule has 2 aromatic heterocycles. The van der Waals surface area contributed by atoms with Crippen molar-refractivity contribution in [2.45, 2.75) is 0 Å². The number of rotatable bonds is 5. The molecule has 2 heterocycles. The van der Waals surface area contributed by atoms with Gasteiger partial charge in [-0.1, -0.05) is 18.2 Å². The van der Waals surface area contributed by atoms with Gasteiger partial charge in [-0.2, -0.15) is 5.26 Å². The van der Waals surface area contributed by atoms with Crippen LogP contribution in [-0.2, 0) is 0 Å². The summed E-state index contributed by atoms with van der Waals surface area (Å²) < 4.78 is 21.4. The van der Waals surface area contributed by atoms with E-state index in [1.165, 1.54) is 21.3 Å². The maximum Gasteiger partial charge on any atom is 0.345 e. The number of nitrogens with zero attached hydrogens (tertiary/aromatic N) is 2. The summed E-state index contributed by atoms with van der Waals surface area (Å²) in [5, 5.41) is 10.3. The van der Waals surface area contributed by atoms with E-state index < -0.39 is 5.63 Å². The molecule has 4 aromatic rings. The van der Waals surface area contributed by atoms with E-state index in [-0.39, 0.29) is 22.6 Å². The number of hydrogen-bond donors (Lipinski definition) is 1. The number of benzene rings is 2. The van der Waals surface area contributed by atoms with Crippen molar-refractivity contribution in [2.24, 2.45) is 0 Å². The van der Waals surface area contributed by atoms with Crippen LogP contribution in [-0.4, -0.2) is 26.3 Å². The van der Waals surface area contributed by atoms with Crippen LogP contribution in [0.4, 0.5) is 5.69 Å². The van der Waals surface area contributed by atoms with Gasteiger partial charge in [-0.15, -0.1) is 0 Å². The highest BCUT2D eigenvalue weighted by molar-refractivity contribution is 5.88. The van der Waals surface area contributed by atoms with E-state index in [1.54, 1.807) is 48.5 Å². The van der Waals surface area contributed by atoms with Crippen LogP contribution >= 0.6 is 0 Å². The normalized spacial score (nSPS) is 10.6. The Hall–Kier alpha value is -4.51. The van der Waals surface area contributed by atoms with Crippen LogP contribution in [0.1, 0.15) is 5.69 Å². The lowest BCUT2D eigenvalue weighted by molar-refractivity contribution is 0.355. The largest absolute Gasteiger partial charge is 0.493 e. The molecule has 8 nitrogen and oxygen atoms in total. The van der Waals surface area contributed by atoms with E-state index in [0.717, 1.165) is 0 Å². The second kappa shape index (κ2) is 8.32. The molecule has 160 valence electrons. The number of nitrogen functional groups attached to an aromatic ring is 1. The fourth-order valence-electron chi connectivity index (χ4n) is 3.48. The van der Waals surface area contributed by atoms with E-state index in [0.29, 0.717) is 39.3 Å². The van der Waals surface area contributed by atoms with Gasteiger partial charge in [0.25, 0.3) is 0 Å². The molecule has 0 atom stereocenters. The van der Waals surface area contributed by atoms with Crippen molar-refractivity contribution >= 4 is 16.7 Å². The number of para-hydroxylation sites is 1. The Balaban J connectivity index is 1.95. The van der Waals surface area contributed by atoms with Crippen LogP contribution in [0, 0.1) is 11.3 Å². The van der Waals surface area contributed by atoms with Crippen LogP contribution in [0.2, 0.25) is 0 Å². The zero-order valence-corrected chi connectivity index (χ0v) is 17.6. The molecular formula is C24H19N3O5.